The lowest BCUT2D eigenvalue weighted by Gasteiger charge is -2.28. The molecular formula is C40H38BrN5O8. The highest BCUT2D eigenvalue weighted by molar-refractivity contribution is 9.10. The van der Waals surface area contributed by atoms with Crippen LogP contribution in [0.5, 0.6) is 0 Å². The fraction of sp³-hybridized carbons (Fsp3) is 0.225. The largest absolute Gasteiger partial charge is 0.459 e. The molecule has 1 aliphatic rings. The monoisotopic (exact) mass is 795 g/mol. The molecule has 0 aromatic heterocycles. The SMILES string of the molecule is C[C@H](NC(=O)[C@H](CC(N)=O)NC(=O)[C@H](Cc1ccc(Br)cc1)N1C(=O)c2ccccc2C1=O)C(=O)N[C@@H](Cc1ccccc1)C(=O)OCc1ccccc1. The number of hydrogen-bond donors (Lipinski definition) is 4. The van der Waals surface area contributed by atoms with E-state index < -0.39 is 72.0 Å². The van der Waals surface area contributed by atoms with E-state index in [0.29, 0.717) is 5.56 Å². The maximum atomic E-state index is 14.0. The summed E-state index contributed by atoms with van der Waals surface area (Å²) in [5, 5.41) is 7.59. The number of nitrogens with one attached hydrogen (secondary N) is 3. The Morgan fingerprint density at radius 3 is 1.74 bits per heavy atom. The molecule has 1 aliphatic heterocycles. The first-order valence-corrected chi connectivity index (χ1v) is 17.9. The maximum absolute atomic E-state index is 14.0. The first-order chi connectivity index (χ1) is 25.9. The van der Waals surface area contributed by atoms with E-state index in [1.165, 1.54) is 19.1 Å². The zero-order chi connectivity index (χ0) is 38.8. The Kier molecular flexibility index (Phi) is 13.1. The summed E-state index contributed by atoms with van der Waals surface area (Å²) < 4.78 is 6.27. The lowest BCUT2D eigenvalue weighted by molar-refractivity contribution is -0.149. The van der Waals surface area contributed by atoms with Crippen LogP contribution in [-0.2, 0) is 48.2 Å². The van der Waals surface area contributed by atoms with Crippen molar-refractivity contribution in [2.75, 3.05) is 0 Å². The molecule has 0 bridgehead atoms. The van der Waals surface area contributed by atoms with Gasteiger partial charge in [-0.05, 0) is 47.9 Å². The van der Waals surface area contributed by atoms with Gasteiger partial charge < -0.3 is 26.4 Å². The Balaban J connectivity index is 1.30. The highest BCUT2D eigenvalue weighted by Crippen LogP contribution is 2.26. The van der Waals surface area contributed by atoms with E-state index in [2.05, 4.69) is 31.9 Å². The van der Waals surface area contributed by atoms with E-state index in [4.69, 9.17) is 10.5 Å². The quantitative estimate of drug-likeness (QED) is 0.0982. The number of rotatable bonds is 16. The number of halogens is 1. The summed E-state index contributed by atoms with van der Waals surface area (Å²) in [5.41, 5.74) is 7.80. The summed E-state index contributed by atoms with van der Waals surface area (Å²) in [7, 11) is 0. The number of ether oxygens (including phenoxy) is 1. The number of amides is 6. The fourth-order valence-electron chi connectivity index (χ4n) is 5.86. The smallest absolute Gasteiger partial charge is 0.329 e. The van der Waals surface area contributed by atoms with Gasteiger partial charge in [0.25, 0.3) is 11.8 Å². The van der Waals surface area contributed by atoms with Crippen LogP contribution in [0.3, 0.4) is 0 Å². The van der Waals surface area contributed by atoms with Crippen LogP contribution in [-0.4, -0.2) is 70.5 Å². The number of nitrogens with two attached hydrogens (primary N) is 1. The molecule has 4 aromatic rings. The molecule has 13 nitrogen and oxygen atoms in total. The van der Waals surface area contributed by atoms with Crippen LogP contribution in [0.15, 0.2) is 114 Å². The minimum atomic E-state index is -1.59. The number of hydrogen-bond acceptors (Lipinski definition) is 8. The molecule has 54 heavy (non-hydrogen) atoms. The van der Waals surface area contributed by atoms with Gasteiger partial charge in [-0.1, -0.05) is 101 Å². The Labute approximate surface area is 319 Å². The van der Waals surface area contributed by atoms with E-state index in [1.807, 2.05) is 12.1 Å². The van der Waals surface area contributed by atoms with Crippen molar-refractivity contribution in [1.29, 1.82) is 0 Å². The summed E-state index contributed by atoms with van der Waals surface area (Å²) in [5.74, 6) is -5.62. The van der Waals surface area contributed by atoms with Crippen molar-refractivity contribution in [3.8, 4) is 0 Å². The van der Waals surface area contributed by atoms with Gasteiger partial charge in [0.15, 0.2) is 0 Å². The summed E-state index contributed by atoms with van der Waals surface area (Å²) in [6, 6.07) is 25.6. The summed E-state index contributed by atoms with van der Waals surface area (Å²) >= 11 is 3.36. The number of benzene rings is 4. The molecule has 14 heteroatoms. The van der Waals surface area contributed by atoms with Gasteiger partial charge in [-0.25, -0.2) is 4.79 Å². The lowest BCUT2D eigenvalue weighted by Crippen LogP contribution is -2.58. The van der Waals surface area contributed by atoms with Crippen molar-refractivity contribution in [1.82, 2.24) is 20.9 Å². The van der Waals surface area contributed by atoms with Crippen LogP contribution in [0.25, 0.3) is 0 Å². The second-order valence-electron chi connectivity index (χ2n) is 12.7. The molecule has 4 atom stereocenters. The Morgan fingerprint density at radius 1 is 0.648 bits per heavy atom. The van der Waals surface area contributed by atoms with Crippen LogP contribution < -0.4 is 21.7 Å². The minimum Gasteiger partial charge on any atom is -0.459 e. The van der Waals surface area contributed by atoms with Crippen molar-refractivity contribution in [2.45, 2.75) is 57.0 Å². The highest BCUT2D eigenvalue weighted by atomic mass is 79.9. The molecule has 4 aromatic carbocycles. The molecule has 0 radical (unpaired) electrons. The first-order valence-electron chi connectivity index (χ1n) is 17.1. The molecule has 0 unspecified atom stereocenters. The number of nitrogens with zero attached hydrogens (tertiary/aromatic N) is 1. The zero-order valence-electron chi connectivity index (χ0n) is 29.2. The number of fused-ring (bicyclic) bond motifs is 1. The minimum absolute atomic E-state index is 0.0227. The van der Waals surface area contributed by atoms with Gasteiger partial charge in [0, 0.05) is 17.3 Å². The lowest BCUT2D eigenvalue weighted by atomic mass is 10.0. The Bertz CT molecular complexity index is 1990. The molecular weight excluding hydrogens is 758 g/mol. The van der Waals surface area contributed by atoms with Crippen molar-refractivity contribution < 1.29 is 38.3 Å². The molecule has 6 amide bonds. The van der Waals surface area contributed by atoms with Gasteiger partial charge in [-0.3, -0.25) is 33.7 Å². The van der Waals surface area contributed by atoms with Crippen LogP contribution in [0.4, 0.5) is 0 Å². The van der Waals surface area contributed by atoms with E-state index in [1.54, 1.807) is 84.9 Å². The third-order valence-electron chi connectivity index (χ3n) is 8.68. The van der Waals surface area contributed by atoms with Crippen molar-refractivity contribution in [2.24, 2.45) is 5.73 Å². The summed E-state index contributed by atoms with van der Waals surface area (Å²) in [4.78, 5) is 94.1. The van der Waals surface area contributed by atoms with Gasteiger partial charge in [0.05, 0.1) is 17.5 Å². The average molecular weight is 797 g/mol. The predicted molar refractivity (Wildman–Crippen MR) is 200 cm³/mol. The molecule has 0 spiro atoms. The maximum Gasteiger partial charge on any atom is 0.329 e. The Hall–Kier alpha value is -6.15. The third kappa shape index (κ3) is 10.0. The van der Waals surface area contributed by atoms with Crippen LogP contribution in [0, 0.1) is 0 Å². The number of primary amides is 1. The number of carbonyl (C=O) groups excluding carboxylic acids is 7. The summed E-state index contributed by atoms with van der Waals surface area (Å²) in [6.45, 7) is 1.34. The molecule has 5 rings (SSSR count). The van der Waals surface area contributed by atoms with Crippen LogP contribution >= 0.6 is 15.9 Å². The average Bonchev–Trinajstić information content (AvgIpc) is 3.42. The third-order valence-corrected chi connectivity index (χ3v) is 9.21. The number of carbonyl (C=O) groups is 7. The van der Waals surface area contributed by atoms with Gasteiger partial charge in [-0.2, -0.15) is 0 Å². The van der Waals surface area contributed by atoms with Crippen molar-refractivity contribution in [3.05, 3.63) is 141 Å². The number of imide groups is 1. The van der Waals surface area contributed by atoms with Crippen LogP contribution in [0.1, 0.15) is 50.8 Å². The molecule has 1 heterocycles. The fourth-order valence-corrected chi connectivity index (χ4v) is 6.13. The number of esters is 1. The van der Waals surface area contributed by atoms with Gasteiger partial charge in [-0.15, -0.1) is 0 Å². The first kappa shape index (κ1) is 39.1. The highest BCUT2D eigenvalue weighted by Gasteiger charge is 2.43. The second-order valence-corrected chi connectivity index (χ2v) is 13.6. The molecule has 5 N–H and O–H groups in total. The van der Waals surface area contributed by atoms with E-state index in [0.717, 1.165) is 20.5 Å². The van der Waals surface area contributed by atoms with Gasteiger partial charge >= 0.3 is 5.97 Å². The topological polar surface area (TPSA) is 194 Å². The second kappa shape index (κ2) is 18.1. The molecule has 0 aliphatic carbocycles. The van der Waals surface area contributed by atoms with Crippen LogP contribution in [0.2, 0.25) is 0 Å². The van der Waals surface area contributed by atoms with Crippen molar-refractivity contribution >= 4 is 57.3 Å². The van der Waals surface area contributed by atoms with E-state index in [9.17, 15) is 33.6 Å². The van der Waals surface area contributed by atoms with E-state index in [-0.39, 0.29) is 30.6 Å². The van der Waals surface area contributed by atoms with E-state index >= 15 is 0 Å². The standard InChI is InChI=1S/C40H38BrN5O8/c1-24(35(48)45-32(20-25-10-4-2-5-11-25)40(53)54-23-27-12-6-3-7-13-27)43-36(49)31(22-34(42)47)44-37(50)33(21-26-16-18-28(41)19-17-26)46-38(51)29-14-8-9-15-30(29)39(46)52/h2-19,24,31-33H,20-23H2,1H3,(H2,42,47)(H,43,49)(H,44,50)(H,45,48)/t24-,31-,32-,33-/m0/s1. The zero-order valence-corrected chi connectivity index (χ0v) is 30.8. The van der Waals surface area contributed by atoms with Crippen molar-refractivity contribution in [3.63, 3.8) is 0 Å². The van der Waals surface area contributed by atoms with Gasteiger partial charge in [0.2, 0.25) is 23.6 Å². The Morgan fingerprint density at radius 2 is 1.17 bits per heavy atom. The summed E-state index contributed by atoms with van der Waals surface area (Å²) in [6.07, 6.45) is -0.683. The van der Waals surface area contributed by atoms with Gasteiger partial charge in [0.1, 0.15) is 30.8 Å². The molecule has 278 valence electrons. The predicted octanol–water partition coefficient (Wildman–Crippen LogP) is 2.99. The molecule has 0 saturated heterocycles. The molecule has 0 saturated carbocycles. The normalized spacial score (nSPS) is 14.2. The molecule has 0 fully saturated rings.